The summed E-state index contributed by atoms with van der Waals surface area (Å²) in [4.78, 5) is 20.9. The Kier molecular flexibility index (Phi) is 4.18. The molecule has 21 heavy (non-hydrogen) atoms. The summed E-state index contributed by atoms with van der Waals surface area (Å²) >= 11 is 3.12. The van der Waals surface area contributed by atoms with Crippen molar-refractivity contribution in [2.45, 2.75) is 0 Å². The van der Waals surface area contributed by atoms with E-state index in [4.69, 9.17) is 9.84 Å². The topological polar surface area (TPSA) is 89.7 Å². The second-order valence-corrected chi connectivity index (χ2v) is 4.78. The minimum absolute atomic E-state index is 0.0304. The van der Waals surface area contributed by atoms with Gasteiger partial charge in [0, 0.05) is 0 Å². The molecule has 2 aromatic carbocycles. The largest absolute Gasteiger partial charge is 0.478 e. The molecule has 0 fully saturated rings. The van der Waals surface area contributed by atoms with E-state index in [1.807, 2.05) is 0 Å². The summed E-state index contributed by atoms with van der Waals surface area (Å²) in [5.41, 5.74) is -0.493. The SMILES string of the molecule is O=C(O)c1ccc(Oc2ccc(F)cc2[N+](=O)[O-])c(Br)c1. The monoisotopic (exact) mass is 355 g/mol. The minimum Gasteiger partial charge on any atom is -0.478 e. The number of hydrogen-bond acceptors (Lipinski definition) is 4. The molecule has 0 radical (unpaired) electrons. The molecule has 1 N–H and O–H groups in total. The fraction of sp³-hybridized carbons (Fsp3) is 0. The zero-order valence-corrected chi connectivity index (χ0v) is 11.8. The Hall–Kier alpha value is -2.48. The van der Waals surface area contributed by atoms with E-state index in [1.165, 1.54) is 18.2 Å². The number of rotatable bonds is 4. The molecular formula is C13H7BrFNO5. The molecule has 108 valence electrons. The third kappa shape index (κ3) is 3.34. The van der Waals surface area contributed by atoms with Crippen LogP contribution in [0.2, 0.25) is 0 Å². The molecule has 0 aliphatic rings. The van der Waals surface area contributed by atoms with E-state index in [0.717, 1.165) is 18.2 Å². The predicted molar refractivity (Wildman–Crippen MR) is 74.2 cm³/mol. The average Bonchev–Trinajstić information content (AvgIpc) is 2.42. The molecule has 0 saturated carbocycles. The van der Waals surface area contributed by atoms with Crippen LogP contribution in [0.1, 0.15) is 10.4 Å². The first kappa shape index (κ1) is 14.9. The van der Waals surface area contributed by atoms with Crippen molar-refractivity contribution in [2.24, 2.45) is 0 Å². The summed E-state index contributed by atoms with van der Waals surface area (Å²) in [6.07, 6.45) is 0. The lowest BCUT2D eigenvalue weighted by molar-refractivity contribution is -0.385. The van der Waals surface area contributed by atoms with Gasteiger partial charge in [0.1, 0.15) is 11.6 Å². The Balaban J connectivity index is 2.39. The molecule has 0 spiro atoms. The molecule has 0 bridgehead atoms. The van der Waals surface area contributed by atoms with E-state index < -0.39 is 22.4 Å². The van der Waals surface area contributed by atoms with Gasteiger partial charge in [0.15, 0.2) is 0 Å². The molecule has 0 unspecified atom stereocenters. The van der Waals surface area contributed by atoms with Crippen molar-refractivity contribution in [1.82, 2.24) is 0 Å². The first-order valence-electron chi connectivity index (χ1n) is 5.53. The van der Waals surface area contributed by atoms with Crippen molar-refractivity contribution < 1.29 is 24.0 Å². The van der Waals surface area contributed by atoms with Gasteiger partial charge in [-0.25, -0.2) is 9.18 Å². The van der Waals surface area contributed by atoms with Crippen LogP contribution in [0.25, 0.3) is 0 Å². The highest BCUT2D eigenvalue weighted by atomic mass is 79.9. The van der Waals surface area contributed by atoms with E-state index in [9.17, 15) is 19.3 Å². The van der Waals surface area contributed by atoms with Crippen molar-refractivity contribution in [2.75, 3.05) is 0 Å². The second kappa shape index (κ2) is 5.88. The molecule has 2 aromatic rings. The van der Waals surface area contributed by atoms with Crippen molar-refractivity contribution in [1.29, 1.82) is 0 Å². The normalized spacial score (nSPS) is 10.2. The number of nitrogens with zero attached hydrogens (tertiary/aromatic N) is 1. The van der Waals surface area contributed by atoms with Crippen LogP contribution in [-0.2, 0) is 0 Å². The maximum atomic E-state index is 13.0. The van der Waals surface area contributed by atoms with Crippen molar-refractivity contribution in [3.63, 3.8) is 0 Å². The van der Waals surface area contributed by atoms with Gasteiger partial charge in [-0.15, -0.1) is 0 Å². The van der Waals surface area contributed by atoms with Gasteiger partial charge in [-0.05, 0) is 46.3 Å². The highest BCUT2D eigenvalue weighted by Gasteiger charge is 2.18. The quantitative estimate of drug-likeness (QED) is 0.661. The van der Waals surface area contributed by atoms with Crippen LogP contribution in [0.15, 0.2) is 40.9 Å². The first-order valence-corrected chi connectivity index (χ1v) is 6.32. The third-order valence-corrected chi connectivity index (χ3v) is 3.14. The molecule has 0 atom stereocenters. The zero-order chi connectivity index (χ0) is 15.6. The van der Waals surface area contributed by atoms with E-state index in [2.05, 4.69) is 15.9 Å². The lowest BCUT2D eigenvalue weighted by atomic mass is 10.2. The minimum atomic E-state index is -1.12. The molecular weight excluding hydrogens is 349 g/mol. The average molecular weight is 356 g/mol. The van der Waals surface area contributed by atoms with E-state index in [1.54, 1.807) is 0 Å². The summed E-state index contributed by atoms with van der Waals surface area (Å²) in [6, 6.07) is 6.84. The molecule has 2 rings (SSSR count). The van der Waals surface area contributed by atoms with Crippen LogP contribution in [0, 0.1) is 15.9 Å². The number of ether oxygens (including phenoxy) is 1. The van der Waals surface area contributed by atoms with Crippen molar-refractivity contribution >= 4 is 27.6 Å². The van der Waals surface area contributed by atoms with E-state index in [0.29, 0.717) is 4.47 Å². The molecule has 0 aliphatic carbocycles. The van der Waals surface area contributed by atoms with E-state index in [-0.39, 0.29) is 17.1 Å². The summed E-state index contributed by atoms with van der Waals surface area (Å²) < 4.78 is 18.7. The Morgan fingerprint density at radius 2 is 1.90 bits per heavy atom. The van der Waals surface area contributed by atoms with Crippen LogP contribution in [0.3, 0.4) is 0 Å². The van der Waals surface area contributed by atoms with Gasteiger partial charge >= 0.3 is 11.7 Å². The zero-order valence-electron chi connectivity index (χ0n) is 10.2. The van der Waals surface area contributed by atoms with Gasteiger partial charge in [-0.1, -0.05) is 0 Å². The summed E-state index contributed by atoms with van der Waals surface area (Å²) in [5.74, 6) is -1.84. The number of nitro benzene ring substituents is 1. The lowest BCUT2D eigenvalue weighted by Crippen LogP contribution is -1.98. The molecule has 0 aromatic heterocycles. The molecule has 0 aliphatic heterocycles. The Morgan fingerprint density at radius 1 is 1.24 bits per heavy atom. The Morgan fingerprint density at radius 3 is 2.48 bits per heavy atom. The van der Waals surface area contributed by atoms with Gasteiger partial charge in [0.2, 0.25) is 5.75 Å². The number of hydrogen-bond donors (Lipinski definition) is 1. The van der Waals surface area contributed by atoms with Crippen molar-refractivity contribution in [3.05, 3.63) is 62.4 Å². The van der Waals surface area contributed by atoms with Crippen LogP contribution in [0.4, 0.5) is 10.1 Å². The van der Waals surface area contributed by atoms with E-state index >= 15 is 0 Å². The highest BCUT2D eigenvalue weighted by molar-refractivity contribution is 9.10. The molecule has 8 heteroatoms. The summed E-state index contributed by atoms with van der Waals surface area (Å²) in [7, 11) is 0. The van der Waals surface area contributed by atoms with Gasteiger partial charge in [-0.3, -0.25) is 10.1 Å². The highest BCUT2D eigenvalue weighted by Crippen LogP contribution is 2.35. The predicted octanol–water partition coefficient (Wildman–Crippen LogP) is 3.99. The second-order valence-electron chi connectivity index (χ2n) is 3.92. The maximum absolute atomic E-state index is 13.0. The fourth-order valence-corrected chi connectivity index (χ4v) is 2.01. The van der Waals surface area contributed by atoms with Crippen LogP contribution >= 0.6 is 15.9 Å². The van der Waals surface area contributed by atoms with Crippen molar-refractivity contribution in [3.8, 4) is 11.5 Å². The molecule has 0 heterocycles. The Labute approximate surface area is 126 Å². The van der Waals surface area contributed by atoms with Crippen LogP contribution in [0.5, 0.6) is 11.5 Å². The smallest absolute Gasteiger partial charge is 0.335 e. The first-order chi connectivity index (χ1) is 9.88. The number of halogens is 2. The third-order valence-electron chi connectivity index (χ3n) is 2.52. The fourth-order valence-electron chi connectivity index (χ4n) is 1.55. The maximum Gasteiger partial charge on any atom is 0.335 e. The summed E-state index contributed by atoms with van der Waals surface area (Å²) in [6.45, 7) is 0. The number of carbonyl (C=O) groups is 1. The Bertz CT molecular complexity index is 734. The number of carboxylic acid groups (broad SMARTS) is 1. The lowest BCUT2D eigenvalue weighted by Gasteiger charge is -2.08. The molecule has 0 saturated heterocycles. The molecule has 0 amide bonds. The van der Waals surface area contributed by atoms with Gasteiger partial charge in [-0.2, -0.15) is 0 Å². The number of carboxylic acids is 1. The number of nitro groups is 1. The van der Waals surface area contributed by atoms with Crippen LogP contribution < -0.4 is 4.74 Å². The number of aromatic carboxylic acids is 1. The molecule has 6 nitrogen and oxygen atoms in total. The number of benzene rings is 2. The van der Waals surface area contributed by atoms with Crippen LogP contribution in [-0.4, -0.2) is 16.0 Å². The summed E-state index contributed by atoms with van der Waals surface area (Å²) in [5, 5.41) is 19.7. The van der Waals surface area contributed by atoms with Gasteiger partial charge in [0.05, 0.1) is 21.0 Å². The standard InChI is InChI=1S/C13H7BrFNO5/c14-9-5-7(13(17)18)1-3-11(9)21-12-4-2-8(15)6-10(12)16(19)20/h1-6H,(H,17,18). The van der Waals surface area contributed by atoms with Gasteiger partial charge < -0.3 is 9.84 Å². The van der Waals surface area contributed by atoms with Gasteiger partial charge in [0.25, 0.3) is 0 Å².